The highest BCUT2D eigenvalue weighted by Crippen LogP contribution is 2.48. The summed E-state index contributed by atoms with van der Waals surface area (Å²) in [6.45, 7) is 3.61. The van der Waals surface area contributed by atoms with Crippen molar-refractivity contribution in [3.63, 3.8) is 0 Å². The van der Waals surface area contributed by atoms with Gasteiger partial charge >= 0.3 is 12.0 Å². The molecule has 0 spiro atoms. The van der Waals surface area contributed by atoms with Crippen LogP contribution < -0.4 is 10.2 Å². The maximum Gasteiger partial charge on any atom is 0.317 e. The van der Waals surface area contributed by atoms with Gasteiger partial charge in [0.25, 0.3) is 0 Å². The second-order valence-electron chi connectivity index (χ2n) is 7.73. The van der Waals surface area contributed by atoms with Crippen LogP contribution in [-0.4, -0.2) is 59.7 Å². The van der Waals surface area contributed by atoms with Crippen molar-refractivity contribution in [2.24, 2.45) is 11.3 Å². The quantitative estimate of drug-likeness (QED) is 0.820. The van der Waals surface area contributed by atoms with Gasteiger partial charge in [0.05, 0.1) is 11.1 Å². The standard InChI is InChI=1S/C18H26N4O3S/c23-15(24)18-6-3-4-13(18)10-22(12-18)16(25)19-7-5-14-11-26-17(20-14)21-8-1-2-9-21/h11,13H,1-10,12H2,(H,19,25)(H,23,24)/t13-,18+/m0/s1. The summed E-state index contributed by atoms with van der Waals surface area (Å²) in [5, 5.41) is 15.7. The Hall–Kier alpha value is -1.83. The molecule has 2 atom stereocenters. The number of carbonyl (C=O) groups is 2. The molecule has 0 aromatic carbocycles. The predicted molar refractivity (Wildman–Crippen MR) is 99.6 cm³/mol. The number of likely N-dealkylation sites (tertiary alicyclic amines) is 1. The van der Waals surface area contributed by atoms with E-state index < -0.39 is 11.4 Å². The number of rotatable bonds is 5. The molecule has 2 N–H and O–H groups in total. The topological polar surface area (TPSA) is 85.8 Å². The van der Waals surface area contributed by atoms with Gasteiger partial charge in [0.2, 0.25) is 0 Å². The normalized spacial score (nSPS) is 27.8. The molecule has 3 aliphatic rings. The van der Waals surface area contributed by atoms with Crippen molar-refractivity contribution in [1.29, 1.82) is 0 Å². The Bertz CT molecular complexity index is 688. The smallest absolute Gasteiger partial charge is 0.317 e. The van der Waals surface area contributed by atoms with Crippen molar-refractivity contribution < 1.29 is 14.7 Å². The van der Waals surface area contributed by atoms with Crippen LogP contribution in [0.25, 0.3) is 0 Å². The second kappa shape index (κ2) is 7.06. The molecule has 8 heteroatoms. The lowest BCUT2D eigenvalue weighted by Gasteiger charge is -2.23. The summed E-state index contributed by atoms with van der Waals surface area (Å²) in [5.74, 6) is -0.639. The van der Waals surface area contributed by atoms with Crippen molar-refractivity contribution in [2.45, 2.75) is 38.5 Å². The average molecular weight is 378 g/mol. The molecule has 0 unspecified atom stereocenters. The maximum absolute atomic E-state index is 12.4. The third kappa shape index (κ3) is 3.15. The molecule has 0 bridgehead atoms. The maximum atomic E-state index is 12.4. The minimum Gasteiger partial charge on any atom is -0.481 e. The number of thiazole rings is 1. The van der Waals surface area contributed by atoms with Crippen LogP contribution in [0.3, 0.4) is 0 Å². The van der Waals surface area contributed by atoms with E-state index in [4.69, 9.17) is 0 Å². The molecular formula is C18H26N4O3S. The number of carbonyl (C=O) groups excluding carboxylic acids is 1. The zero-order valence-corrected chi connectivity index (χ0v) is 15.8. The van der Waals surface area contributed by atoms with Gasteiger partial charge in [-0.1, -0.05) is 6.42 Å². The van der Waals surface area contributed by atoms with Gasteiger partial charge in [0.15, 0.2) is 5.13 Å². The third-order valence-corrected chi connectivity index (χ3v) is 7.11. The van der Waals surface area contributed by atoms with Gasteiger partial charge in [0.1, 0.15) is 0 Å². The number of carboxylic acid groups (broad SMARTS) is 1. The summed E-state index contributed by atoms with van der Waals surface area (Å²) in [6.07, 6.45) is 5.73. The fraction of sp³-hybridized carbons (Fsp3) is 0.722. The van der Waals surface area contributed by atoms with E-state index in [9.17, 15) is 14.7 Å². The lowest BCUT2D eigenvalue weighted by atomic mass is 9.81. The first kappa shape index (κ1) is 17.6. The van der Waals surface area contributed by atoms with E-state index in [1.807, 2.05) is 0 Å². The van der Waals surface area contributed by atoms with Gasteiger partial charge in [-0.3, -0.25) is 4.79 Å². The van der Waals surface area contributed by atoms with Crippen molar-refractivity contribution in [3.05, 3.63) is 11.1 Å². The number of fused-ring (bicyclic) bond motifs is 1. The van der Waals surface area contributed by atoms with E-state index >= 15 is 0 Å². The first-order valence-corrected chi connectivity index (χ1v) is 10.4. The number of nitrogens with one attached hydrogen (secondary N) is 1. The molecule has 2 saturated heterocycles. The van der Waals surface area contributed by atoms with Crippen LogP contribution in [0, 0.1) is 11.3 Å². The average Bonchev–Trinajstić information content (AvgIpc) is 3.36. The molecule has 3 heterocycles. The molecular weight excluding hydrogens is 352 g/mol. The number of hydrogen-bond donors (Lipinski definition) is 2. The number of aliphatic carboxylic acids is 1. The van der Waals surface area contributed by atoms with Crippen molar-refractivity contribution in [1.82, 2.24) is 15.2 Å². The van der Waals surface area contributed by atoms with E-state index in [2.05, 4.69) is 20.6 Å². The minimum absolute atomic E-state index is 0.104. The lowest BCUT2D eigenvalue weighted by molar-refractivity contribution is -0.149. The molecule has 2 amide bonds. The van der Waals surface area contributed by atoms with Crippen LogP contribution in [0.4, 0.5) is 9.93 Å². The van der Waals surface area contributed by atoms with Crippen LogP contribution in [0.15, 0.2) is 5.38 Å². The van der Waals surface area contributed by atoms with Gasteiger partial charge in [-0.05, 0) is 31.6 Å². The summed E-state index contributed by atoms with van der Waals surface area (Å²) < 4.78 is 0. The molecule has 4 rings (SSSR count). The van der Waals surface area contributed by atoms with Crippen molar-refractivity contribution in [3.8, 4) is 0 Å². The van der Waals surface area contributed by atoms with Crippen LogP contribution in [0.2, 0.25) is 0 Å². The van der Waals surface area contributed by atoms with Crippen molar-refractivity contribution >= 4 is 28.5 Å². The summed E-state index contributed by atoms with van der Waals surface area (Å²) in [7, 11) is 0. The summed E-state index contributed by atoms with van der Waals surface area (Å²) in [4.78, 5) is 32.8. The number of hydrogen-bond acceptors (Lipinski definition) is 5. The van der Waals surface area contributed by atoms with Crippen LogP contribution in [0.1, 0.15) is 37.8 Å². The van der Waals surface area contributed by atoms with Gasteiger partial charge in [-0.2, -0.15) is 0 Å². The number of carboxylic acids is 1. The van der Waals surface area contributed by atoms with Gasteiger partial charge in [-0.25, -0.2) is 9.78 Å². The first-order chi connectivity index (χ1) is 12.6. The fourth-order valence-corrected chi connectivity index (χ4v) is 5.58. The van der Waals surface area contributed by atoms with Gasteiger partial charge < -0.3 is 20.2 Å². The molecule has 7 nitrogen and oxygen atoms in total. The number of aromatic nitrogens is 1. The minimum atomic E-state index is -0.743. The molecule has 26 heavy (non-hydrogen) atoms. The number of nitrogens with zero attached hydrogens (tertiary/aromatic N) is 3. The summed E-state index contributed by atoms with van der Waals surface area (Å²) in [6, 6.07) is -0.143. The lowest BCUT2D eigenvalue weighted by Crippen LogP contribution is -2.42. The van der Waals surface area contributed by atoms with Crippen LogP contribution >= 0.6 is 11.3 Å². The molecule has 1 aromatic heterocycles. The number of amides is 2. The fourth-order valence-electron chi connectivity index (χ4n) is 4.67. The number of urea groups is 1. The van der Waals surface area contributed by atoms with Crippen LogP contribution in [-0.2, 0) is 11.2 Å². The second-order valence-corrected chi connectivity index (χ2v) is 8.57. The van der Waals surface area contributed by atoms with Crippen LogP contribution in [0.5, 0.6) is 0 Å². The Labute approximate surface area is 157 Å². The van der Waals surface area contributed by atoms with E-state index in [0.717, 1.165) is 36.8 Å². The SMILES string of the molecule is O=C(NCCc1csc(N2CCCC2)n1)N1C[C@@H]2CCC[C@@]2(C(=O)O)C1. The molecule has 3 fully saturated rings. The number of anilines is 1. The first-order valence-electron chi connectivity index (χ1n) is 9.54. The molecule has 2 aliphatic heterocycles. The zero-order chi connectivity index (χ0) is 18.1. The summed E-state index contributed by atoms with van der Waals surface area (Å²) >= 11 is 1.67. The Morgan fingerprint density at radius 3 is 2.88 bits per heavy atom. The molecule has 1 aromatic rings. The van der Waals surface area contributed by atoms with E-state index in [0.29, 0.717) is 32.5 Å². The highest BCUT2D eigenvalue weighted by molar-refractivity contribution is 7.13. The Morgan fingerprint density at radius 2 is 2.15 bits per heavy atom. The summed E-state index contributed by atoms with van der Waals surface area (Å²) in [5.41, 5.74) is 0.300. The third-order valence-electron chi connectivity index (χ3n) is 6.16. The molecule has 1 aliphatic carbocycles. The Morgan fingerprint density at radius 1 is 1.35 bits per heavy atom. The van der Waals surface area contributed by atoms with E-state index in [1.54, 1.807) is 16.2 Å². The highest BCUT2D eigenvalue weighted by atomic mass is 32.1. The highest BCUT2D eigenvalue weighted by Gasteiger charge is 2.55. The molecule has 1 saturated carbocycles. The van der Waals surface area contributed by atoms with Crippen molar-refractivity contribution in [2.75, 3.05) is 37.6 Å². The van der Waals surface area contributed by atoms with E-state index in [1.165, 1.54) is 12.8 Å². The molecule has 142 valence electrons. The Balaban J connectivity index is 1.26. The van der Waals surface area contributed by atoms with Gasteiger partial charge in [-0.15, -0.1) is 11.3 Å². The monoisotopic (exact) mass is 378 g/mol. The largest absolute Gasteiger partial charge is 0.481 e. The predicted octanol–water partition coefficient (Wildman–Crippen LogP) is 2.18. The van der Waals surface area contributed by atoms with Gasteiger partial charge in [0, 0.05) is 44.5 Å². The molecule has 0 radical (unpaired) electrons. The Kier molecular flexibility index (Phi) is 4.77. The zero-order valence-electron chi connectivity index (χ0n) is 14.9. The van der Waals surface area contributed by atoms with E-state index in [-0.39, 0.29) is 11.9 Å².